The Hall–Kier alpha value is -3.80. The fourth-order valence-corrected chi connectivity index (χ4v) is 4.20. The second kappa shape index (κ2) is 9.59. The van der Waals surface area contributed by atoms with Gasteiger partial charge in [0.05, 0.1) is 29.2 Å². The van der Waals surface area contributed by atoms with Gasteiger partial charge in [-0.15, -0.1) is 0 Å². The Labute approximate surface area is 195 Å². The predicted molar refractivity (Wildman–Crippen MR) is 122 cm³/mol. The summed E-state index contributed by atoms with van der Waals surface area (Å²) in [6.45, 7) is 1.91. The monoisotopic (exact) mass is 467 g/mol. The quantitative estimate of drug-likeness (QED) is 0.539. The van der Waals surface area contributed by atoms with Crippen LogP contribution in [-0.2, 0) is 6.18 Å². The van der Waals surface area contributed by atoms with Crippen molar-refractivity contribution in [3.05, 3.63) is 77.4 Å². The van der Waals surface area contributed by atoms with E-state index in [4.69, 9.17) is 5.26 Å². The summed E-state index contributed by atoms with van der Waals surface area (Å²) in [6, 6.07) is 12.6. The maximum Gasteiger partial charge on any atom is 0.417 e. The van der Waals surface area contributed by atoms with Crippen LogP contribution in [0.15, 0.2) is 55.0 Å². The standard InChI is InChI=1S/C25H24F3N5O/c1-16-14-33(15-30-16)22-10-3-17(4-11-22)24(34)32-20-8-6-19(7-9-20)31-21-5-2-18(13-29)23(12-21)25(26,27)28/h2-5,10-12,14-15,19-20,31H,6-9H2,1H3,(H,32,34)/t19-,20+. The highest BCUT2D eigenvalue weighted by Crippen LogP contribution is 2.34. The topological polar surface area (TPSA) is 82.7 Å². The van der Waals surface area contributed by atoms with Gasteiger partial charge in [-0.05, 0) is 75.1 Å². The lowest BCUT2D eigenvalue weighted by Gasteiger charge is -2.30. The van der Waals surface area contributed by atoms with Crippen LogP contribution in [-0.4, -0.2) is 27.5 Å². The van der Waals surface area contributed by atoms with E-state index in [0.717, 1.165) is 30.3 Å². The van der Waals surface area contributed by atoms with Gasteiger partial charge >= 0.3 is 6.18 Å². The molecule has 0 saturated heterocycles. The van der Waals surface area contributed by atoms with Crippen LogP contribution in [0.2, 0.25) is 0 Å². The van der Waals surface area contributed by atoms with Crippen molar-refractivity contribution in [2.75, 3.05) is 5.32 Å². The average Bonchev–Trinajstić information content (AvgIpc) is 3.26. The molecule has 1 aliphatic rings. The van der Waals surface area contributed by atoms with Crippen molar-refractivity contribution in [1.29, 1.82) is 5.26 Å². The number of rotatable bonds is 5. The lowest BCUT2D eigenvalue weighted by Crippen LogP contribution is -2.40. The molecule has 1 amide bonds. The smallest absolute Gasteiger partial charge is 0.382 e. The van der Waals surface area contributed by atoms with Gasteiger partial charge in [0.25, 0.3) is 5.91 Å². The van der Waals surface area contributed by atoms with E-state index < -0.39 is 17.3 Å². The number of carbonyl (C=O) groups is 1. The van der Waals surface area contributed by atoms with E-state index in [2.05, 4.69) is 15.6 Å². The van der Waals surface area contributed by atoms with Gasteiger partial charge in [-0.2, -0.15) is 18.4 Å². The number of anilines is 1. The predicted octanol–water partition coefficient (Wildman–Crippen LogP) is 5.22. The highest BCUT2D eigenvalue weighted by Gasteiger charge is 2.34. The molecule has 9 heteroatoms. The zero-order valence-corrected chi connectivity index (χ0v) is 18.6. The van der Waals surface area contributed by atoms with Crippen molar-refractivity contribution in [2.45, 2.75) is 50.9 Å². The van der Waals surface area contributed by atoms with Crippen LogP contribution in [0.4, 0.5) is 18.9 Å². The summed E-state index contributed by atoms with van der Waals surface area (Å²) in [5.41, 5.74) is 1.41. The Balaban J connectivity index is 1.30. The number of carbonyl (C=O) groups excluding carboxylic acids is 1. The lowest BCUT2D eigenvalue weighted by molar-refractivity contribution is -0.137. The number of imidazole rings is 1. The van der Waals surface area contributed by atoms with Gasteiger partial charge in [-0.25, -0.2) is 4.98 Å². The number of benzene rings is 2. The molecule has 1 heterocycles. The van der Waals surface area contributed by atoms with E-state index in [1.807, 2.05) is 29.8 Å². The Kier molecular flexibility index (Phi) is 6.59. The number of nitrogens with one attached hydrogen (secondary N) is 2. The normalized spacial score (nSPS) is 18.2. The van der Waals surface area contributed by atoms with Crippen LogP contribution in [0.25, 0.3) is 5.69 Å². The van der Waals surface area contributed by atoms with E-state index >= 15 is 0 Å². The SMILES string of the molecule is Cc1cn(-c2ccc(C(=O)N[C@H]3CC[C@@H](Nc4ccc(C#N)c(C(F)(F)F)c4)CC3)cc2)cn1. The highest BCUT2D eigenvalue weighted by molar-refractivity contribution is 5.94. The molecule has 1 aromatic heterocycles. The van der Waals surface area contributed by atoms with Gasteiger partial charge in [-0.1, -0.05) is 0 Å². The molecule has 0 bridgehead atoms. The molecule has 176 valence electrons. The maximum atomic E-state index is 13.2. The number of halogens is 3. The number of aryl methyl sites for hydroxylation is 1. The number of nitriles is 1. The molecule has 0 radical (unpaired) electrons. The van der Waals surface area contributed by atoms with Crippen LogP contribution in [0, 0.1) is 18.3 Å². The zero-order valence-electron chi connectivity index (χ0n) is 18.6. The molecule has 0 unspecified atom stereocenters. The third kappa shape index (κ3) is 5.39. The number of hydrogen-bond donors (Lipinski definition) is 2. The van der Waals surface area contributed by atoms with Crippen molar-refractivity contribution < 1.29 is 18.0 Å². The summed E-state index contributed by atoms with van der Waals surface area (Å²) in [6.07, 6.45) is 1.91. The molecule has 0 atom stereocenters. The largest absolute Gasteiger partial charge is 0.417 e. The van der Waals surface area contributed by atoms with Gasteiger partial charge in [0.1, 0.15) is 0 Å². The fourth-order valence-electron chi connectivity index (χ4n) is 4.20. The molecular formula is C25H24F3N5O. The van der Waals surface area contributed by atoms with E-state index in [0.29, 0.717) is 24.1 Å². The molecule has 2 aromatic carbocycles. The van der Waals surface area contributed by atoms with Crippen molar-refractivity contribution in [2.24, 2.45) is 0 Å². The average molecular weight is 467 g/mol. The van der Waals surface area contributed by atoms with E-state index in [1.165, 1.54) is 12.1 Å². The summed E-state index contributed by atoms with van der Waals surface area (Å²) in [4.78, 5) is 16.8. The molecular weight excluding hydrogens is 443 g/mol. The van der Waals surface area contributed by atoms with Crippen LogP contribution < -0.4 is 10.6 Å². The lowest BCUT2D eigenvalue weighted by atomic mass is 9.90. The van der Waals surface area contributed by atoms with E-state index in [9.17, 15) is 18.0 Å². The first-order valence-corrected chi connectivity index (χ1v) is 11.0. The Bertz CT molecular complexity index is 1200. The Morgan fingerprint density at radius 3 is 2.35 bits per heavy atom. The minimum absolute atomic E-state index is 0.0000850. The number of aromatic nitrogens is 2. The van der Waals surface area contributed by atoms with Crippen molar-refractivity contribution in [3.8, 4) is 11.8 Å². The van der Waals surface area contributed by atoms with Gasteiger partial charge in [0, 0.05) is 35.2 Å². The molecule has 2 N–H and O–H groups in total. The highest BCUT2D eigenvalue weighted by atomic mass is 19.4. The van der Waals surface area contributed by atoms with Crippen molar-refractivity contribution in [3.63, 3.8) is 0 Å². The van der Waals surface area contributed by atoms with E-state index in [1.54, 1.807) is 24.5 Å². The van der Waals surface area contributed by atoms with Crippen LogP contribution in [0.1, 0.15) is 52.9 Å². The molecule has 3 aromatic rings. The van der Waals surface area contributed by atoms with Gasteiger partial charge in [0.2, 0.25) is 0 Å². The number of hydrogen-bond acceptors (Lipinski definition) is 4. The molecule has 1 saturated carbocycles. The van der Waals surface area contributed by atoms with Crippen molar-refractivity contribution >= 4 is 11.6 Å². The number of alkyl halides is 3. The Morgan fingerprint density at radius 2 is 1.76 bits per heavy atom. The molecule has 34 heavy (non-hydrogen) atoms. The number of amides is 1. The van der Waals surface area contributed by atoms with E-state index in [-0.39, 0.29) is 18.0 Å². The third-order valence-corrected chi connectivity index (χ3v) is 6.02. The molecule has 0 spiro atoms. The summed E-state index contributed by atoms with van der Waals surface area (Å²) in [5.74, 6) is -0.147. The second-order valence-electron chi connectivity index (χ2n) is 8.51. The summed E-state index contributed by atoms with van der Waals surface area (Å²) < 4.78 is 41.5. The minimum atomic E-state index is -4.58. The maximum absolute atomic E-state index is 13.2. The van der Waals surface area contributed by atoms with Crippen LogP contribution >= 0.6 is 0 Å². The van der Waals surface area contributed by atoms with Gasteiger partial charge in [0.15, 0.2) is 0 Å². The fraction of sp³-hybridized carbons (Fsp3) is 0.320. The first kappa shape index (κ1) is 23.4. The second-order valence-corrected chi connectivity index (χ2v) is 8.51. The molecule has 4 rings (SSSR count). The zero-order chi connectivity index (χ0) is 24.3. The minimum Gasteiger partial charge on any atom is -0.382 e. The third-order valence-electron chi connectivity index (χ3n) is 6.02. The summed E-state index contributed by atoms with van der Waals surface area (Å²) >= 11 is 0. The number of nitrogens with zero attached hydrogens (tertiary/aromatic N) is 3. The molecule has 1 aliphatic carbocycles. The van der Waals surface area contributed by atoms with Crippen LogP contribution in [0.5, 0.6) is 0 Å². The molecule has 0 aliphatic heterocycles. The first-order chi connectivity index (χ1) is 16.2. The Morgan fingerprint density at radius 1 is 1.09 bits per heavy atom. The van der Waals surface area contributed by atoms with Crippen LogP contribution in [0.3, 0.4) is 0 Å². The van der Waals surface area contributed by atoms with Crippen molar-refractivity contribution in [1.82, 2.24) is 14.9 Å². The molecule has 1 fully saturated rings. The van der Waals surface area contributed by atoms with Gasteiger partial charge in [-0.3, -0.25) is 4.79 Å². The first-order valence-electron chi connectivity index (χ1n) is 11.0. The van der Waals surface area contributed by atoms with Gasteiger partial charge < -0.3 is 15.2 Å². The summed E-state index contributed by atoms with van der Waals surface area (Å²) in [7, 11) is 0. The molecule has 6 nitrogen and oxygen atoms in total. The summed E-state index contributed by atoms with van der Waals surface area (Å²) in [5, 5.41) is 15.1.